The largest absolute Gasteiger partial charge is 0.379 e. The lowest BCUT2D eigenvalue weighted by Gasteiger charge is -2.08. The maximum atomic E-state index is 4.36. The molecule has 0 amide bonds. The molecular weight excluding hydrogens is 400 g/mol. The lowest BCUT2D eigenvalue weighted by Crippen LogP contribution is -2.03. The highest BCUT2D eigenvalue weighted by molar-refractivity contribution is 9.11. The van der Waals surface area contributed by atoms with Crippen molar-refractivity contribution in [2.24, 2.45) is 0 Å². The fourth-order valence-corrected chi connectivity index (χ4v) is 2.90. The van der Waals surface area contributed by atoms with E-state index in [0.717, 1.165) is 26.0 Å². The average molecular weight is 410 g/mol. The highest BCUT2D eigenvalue weighted by Crippen LogP contribution is 2.21. The van der Waals surface area contributed by atoms with Gasteiger partial charge in [0.05, 0.1) is 17.9 Å². The lowest BCUT2D eigenvalue weighted by atomic mass is 10.2. The minimum Gasteiger partial charge on any atom is -0.379 e. The van der Waals surface area contributed by atoms with Crippen LogP contribution in [-0.2, 0) is 6.54 Å². The molecule has 0 aliphatic heterocycles. The molecule has 0 unspecified atom stereocenters. The predicted octanol–water partition coefficient (Wildman–Crippen LogP) is 3.19. The first-order valence-electron chi connectivity index (χ1n) is 6.09. The van der Waals surface area contributed by atoms with Gasteiger partial charge in [-0.3, -0.25) is 4.98 Å². The van der Waals surface area contributed by atoms with Crippen molar-refractivity contribution in [2.75, 3.05) is 5.32 Å². The summed E-state index contributed by atoms with van der Waals surface area (Å²) in [5.74, 6) is 0. The van der Waals surface area contributed by atoms with Gasteiger partial charge in [0.1, 0.15) is 6.33 Å². The Balaban J connectivity index is 1.68. The Morgan fingerprint density at radius 1 is 1.14 bits per heavy atom. The molecule has 0 spiro atoms. The summed E-state index contributed by atoms with van der Waals surface area (Å²) >= 11 is 6.89. The number of hydrogen-bond donors (Lipinski definition) is 1. The second-order valence-electron chi connectivity index (χ2n) is 4.24. The normalized spacial score (nSPS) is 10.6. The zero-order chi connectivity index (χ0) is 14.7. The molecule has 0 atom stereocenters. The fourth-order valence-electron chi connectivity index (χ4n) is 1.77. The van der Waals surface area contributed by atoms with Crippen LogP contribution in [0.5, 0.6) is 0 Å². The minimum absolute atomic E-state index is 0.637. The van der Waals surface area contributed by atoms with Gasteiger partial charge in [-0.05, 0) is 72.6 Å². The van der Waals surface area contributed by atoms with Gasteiger partial charge in [0.2, 0.25) is 0 Å². The minimum atomic E-state index is 0.637. The van der Waals surface area contributed by atoms with E-state index in [9.17, 15) is 0 Å². The van der Waals surface area contributed by atoms with Crippen LogP contribution in [0.1, 0.15) is 5.69 Å². The molecule has 0 fully saturated rings. The molecule has 106 valence electrons. The fraction of sp³-hybridized carbons (Fsp3) is 0.0769. The maximum absolute atomic E-state index is 4.36. The summed E-state index contributed by atoms with van der Waals surface area (Å²) in [6, 6.07) is 9.82. The number of anilines is 1. The van der Waals surface area contributed by atoms with Crippen LogP contribution < -0.4 is 5.32 Å². The van der Waals surface area contributed by atoms with Crippen LogP contribution in [0.15, 0.2) is 51.8 Å². The van der Waals surface area contributed by atoms with E-state index in [2.05, 4.69) is 57.7 Å². The summed E-state index contributed by atoms with van der Waals surface area (Å²) in [5.41, 5.74) is 2.86. The Morgan fingerprint density at radius 3 is 2.62 bits per heavy atom. The highest BCUT2D eigenvalue weighted by atomic mass is 79.9. The van der Waals surface area contributed by atoms with Crippen LogP contribution in [0, 0.1) is 0 Å². The van der Waals surface area contributed by atoms with Gasteiger partial charge in [0.25, 0.3) is 0 Å². The van der Waals surface area contributed by atoms with Crippen molar-refractivity contribution in [3.63, 3.8) is 0 Å². The number of aromatic nitrogens is 5. The Labute approximate surface area is 137 Å². The van der Waals surface area contributed by atoms with Crippen molar-refractivity contribution < 1.29 is 0 Å². The number of rotatable bonds is 4. The quantitative estimate of drug-likeness (QED) is 0.716. The molecule has 0 saturated heterocycles. The van der Waals surface area contributed by atoms with E-state index < -0.39 is 0 Å². The third-order valence-electron chi connectivity index (χ3n) is 2.82. The molecule has 6 nitrogen and oxygen atoms in total. The van der Waals surface area contributed by atoms with Gasteiger partial charge in [-0.25, -0.2) is 4.68 Å². The van der Waals surface area contributed by atoms with Crippen molar-refractivity contribution in [3.05, 3.63) is 57.5 Å². The van der Waals surface area contributed by atoms with Gasteiger partial charge < -0.3 is 5.32 Å². The Kier molecular flexibility index (Phi) is 4.26. The summed E-state index contributed by atoms with van der Waals surface area (Å²) in [5, 5.41) is 14.4. The van der Waals surface area contributed by atoms with Crippen LogP contribution in [0.25, 0.3) is 5.69 Å². The Morgan fingerprint density at radius 2 is 1.95 bits per heavy atom. The number of nitrogens with zero attached hydrogens (tertiary/aromatic N) is 5. The lowest BCUT2D eigenvalue weighted by molar-refractivity contribution is 0.789. The molecule has 0 aliphatic rings. The summed E-state index contributed by atoms with van der Waals surface area (Å²) in [6.07, 6.45) is 3.34. The number of tetrazole rings is 1. The number of benzene rings is 1. The third kappa shape index (κ3) is 3.45. The third-order valence-corrected chi connectivity index (χ3v) is 3.95. The van der Waals surface area contributed by atoms with E-state index in [-0.39, 0.29) is 0 Å². The van der Waals surface area contributed by atoms with Gasteiger partial charge in [-0.2, -0.15) is 0 Å². The Hall–Kier alpha value is -1.80. The van der Waals surface area contributed by atoms with Crippen molar-refractivity contribution in [2.45, 2.75) is 6.54 Å². The SMILES string of the molecule is Brc1cnc(CNc2ccc(-n3cnnn3)cc2)c(Br)c1. The Bertz CT molecular complexity index is 727. The molecule has 0 aliphatic carbocycles. The summed E-state index contributed by atoms with van der Waals surface area (Å²) in [7, 11) is 0. The molecular formula is C13H10Br2N6. The molecule has 0 bridgehead atoms. The smallest absolute Gasteiger partial charge is 0.143 e. The first-order valence-corrected chi connectivity index (χ1v) is 7.68. The van der Waals surface area contributed by atoms with Crippen LogP contribution in [0.2, 0.25) is 0 Å². The number of nitrogens with one attached hydrogen (secondary N) is 1. The zero-order valence-corrected chi connectivity index (χ0v) is 13.9. The molecule has 0 radical (unpaired) electrons. The van der Waals surface area contributed by atoms with Crippen LogP contribution >= 0.6 is 31.9 Å². The van der Waals surface area contributed by atoms with Crippen molar-refractivity contribution in [1.82, 2.24) is 25.2 Å². The van der Waals surface area contributed by atoms with Crippen LogP contribution in [-0.4, -0.2) is 25.2 Å². The number of hydrogen-bond acceptors (Lipinski definition) is 5. The number of halogens is 2. The van der Waals surface area contributed by atoms with Gasteiger partial charge in [0, 0.05) is 20.8 Å². The van der Waals surface area contributed by atoms with Gasteiger partial charge in [-0.1, -0.05) is 0 Å². The molecule has 2 heterocycles. The topological polar surface area (TPSA) is 68.5 Å². The number of pyridine rings is 1. The monoisotopic (exact) mass is 408 g/mol. The standard InChI is InChI=1S/C13H10Br2N6/c14-9-5-12(15)13(17-6-9)7-16-10-1-3-11(4-2-10)21-8-18-19-20-21/h1-6,8,16H,7H2. The van der Waals surface area contributed by atoms with E-state index in [4.69, 9.17) is 0 Å². The molecule has 3 rings (SSSR count). The van der Waals surface area contributed by atoms with Crippen molar-refractivity contribution >= 4 is 37.5 Å². The molecule has 0 saturated carbocycles. The van der Waals surface area contributed by atoms with Crippen molar-refractivity contribution in [3.8, 4) is 5.69 Å². The summed E-state index contributed by atoms with van der Waals surface area (Å²) in [4.78, 5) is 4.36. The van der Waals surface area contributed by atoms with Gasteiger partial charge in [-0.15, -0.1) is 5.10 Å². The zero-order valence-electron chi connectivity index (χ0n) is 10.7. The highest BCUT2D eigenvalue weighted by Gasteiger charge is 2.03. The molecule has 1 N–H and O–H groups in total. The molecule has 1 aromatic carbocycles. The first-order chi connectivity index (χ1) is 10.2. The second-order valence-corrected chi connectivity index (χ2v) is 6.01. The maximum Gasteiger partial charge on any atom is 0.143 e. The predicted molar refractivity (Wildman–Crippen MR) is 86.1 cm³/mol. The average Bonchev–Trinajstić information content (AvgIpc) is 3.01. The van der Waals surface area contributed by atoms with Crippen LogP contribution in [0.3, 0.4) is 0 Å². The summed E-state index contributed by atoms with van der Waals surface area (Å²) < 4.78 is 3.52. The van der Waals surface area contributed by atoms with E-state index in [1.54, 1.807) is 17.2 Å². The molecule has 3 aromatic rings. The van der Waals surface area contributed by atoms with Gasteiger partial charge in [0.15, 0.2) is 0 Å². The first kappa shape index (κ1) is 14.2. The van der Waals surface area contributed by atoms with E-state index in [0.29, 0.717) is 6.54 Å². The molecule has 21 heavy (non-hydrogen) atoms. The van der Waals surface area contributed by atoms with E-state index in [1.165, 1.54) is 0 Å². The van der Waals surface area contributed by atoms with E-state index >= 15 is 0 Å². The molecule has 2 aromatic heterocycles. The second kappa shape index (κ2) is 6.31. The van der Waals surface area contributed by atoms with Crippen LogP contribution in [0.4, 0.5) is 5.69 Å². The molecule has 8 heteroatoms. The van der Waals surface area contributed by atoms with Gasteiger partial charge >= 0.3 is 0 Å². The summed E-state index contributed by atoms with van der Waals surface area (Å²) in [6.45, 7) is 0.637. The van der Waals surface area contributed by atoms with E-state index in [1.807, 2.05) is 30.3 Å². The van der Waals surface area contributed by atoms with Crippen molar-refractivity contribution in [1.29, 1.82) is 0 Å².